The number of hydrogen-bond donors (Lipinski definition) is 2. The van der Waals surface area contributed by atoms with Crippen LogP contribution in [0.4, 0.5) is 5.95 Å². The van der Waals surface area contributed by atoms with Crippen molar-refractivity contribution in [1.29, 1.82) is 0 Å². The number of nitrogens with one attached hydrogen (secondary N) is 1. The second kappa shape index (κ2) is 6.97. The maximum absolute atomic E-state index is 9.65. The van der Waals surface area contributed by atoms with Crippen molar-refractivity contribution in [1.82, 2.24) is 15.2 Å². The van der Waals surface area contributed by atoms with E-state index < -0.39 is 6.10 Å². The smallest absolute Gasteiger partial charge is 0.243 e. The topological polar surface area (TPSA) is 93.3 Å². The van der Waals surface area contributed by atoms with E-state index in [1.54, 1.807) is 0 Å². The highest BCUT2D eigenvalue weighted by Crippen LogP contribution is 2.19. The Labute approximate surface area is 117 Å². The molecule has 2 N–H and O–H groups in total. The van der Waals surface area contributed by atoms with E-state index in [9.17, 15) is 5.11 Å². The van der Waals surface area contributed by atoms with Crippen LogP contribution in [0.3, 0.4) is 0 Å². The number of nitrogens with zero attached hydrogens (tertiary/aromatic N) is 3. The molecule has 20 heavy (non-hydrogen) atoms. The summed E-state index contributed by atoms with van der Waals surface area (Å²) in [5.41, 5.74) is 0.592. The Morgan fingerprint density at radius 1 is 1.45 bits per heavy atom. The summed E-state index contributed by atoms with van der Waals surface area (Å²) >= 11 is 0. The van der Waals surface area contributed by atoms with E-state index in [0.717, 1.165) is 5.76 Å². The van der Waals surface area contributed by atoms with Gasteiger partial charge in [0.05, 0.1) is 18.9 Å². The number of hydrogen-bond acceptors (Lipinski definition) is 7. The fourth-order valence-corrected chi connectivity index (χ4v) is 1.59. The van der Waals surface area contributed by atoms with E-state index in [1.807, 2.05) is 26.0 Å². The molecule has 0 radical (unpaired) electrons. The van der Waals surface area contributed by atoms with Gasteiger partial charge >= 0.3 is 0 Å². The van der Waals surface area contributed by atoms with Gasteiger partial charge in [-0.25, -0.2) is 4.98 Å². The molecule has 0 unspecified atom stereocenters. The molecule has 0 bridgehead atoms. The monoisotopic (exact) mass is 278 g/mol. The summed E-state index contributed by atoms with van der Waals surface area (Å²) in [6, 6.07) is 3.68. The first-order chi connectivity index (χ1) is 9.69. The molecule has 7 nitrogen and oxygen atoms in total. The van der Waals surface area contributed by atoms with Gasteiger partial charge in [0.1, 0.15) is 11.5 Å². The number of aliphatic hydroxyl groups excluding tert-OH is 1. The van der Waals surface area contributed by atoms with Crippen LogP contribution < -0.4 is 5.32 Å². The number of aliphatic hydroxyl groups is 1. The van der Waals surface area contributed by atoms with E-state index in [-0.39, 0.29) is 6.61 Å². The highest BCUT2D eigenvalue weighted by molar-refractivity contribution is 5.52. The Bertz CT molecular complexity index is 544. The van der Waals surface area contributed by atoms with Gasteiger partial charge in [-0.15, -0.1) is 5.10 Å². The number of aryl methyl sites for hydroxylation is 1. The van der Waals surface area contributed by atoms with Crippen molar-refractivity contribution in [2.24, 2.45) is 0 Å². The minimum Gasteiger partial charge on any atom is -0.460 e. The van der Waals surface area contributed by atoms with Crippen molar-refractivity contribution in [3.63, 3.8) is 0 Å². The minimum atomic E-state index is -0.618. The second-order valence-electron chi connectivity index (χ2n) is 4.27. The predicted octanol–water partition coefficient (Wildman–Crippen LogP) is 1.25. The summed E-state index contributed by atoms with van der Waals surface area (Å²) < 4.78 is 10.6. The highest BCUT2D eigenvalue weighted by Gasteiger charge is 2.09. The number of anilines is 1. The SMILES string of the molecule is CCOC[C@H](O)CNc1nncc(-c2ccc(C)o2)n1. The molecular weight excluding hydrogens is 260 g/mol. The molecule has 1 atom stereocenters. The van der Waals surface area contributed by atoms with Crippen LogP contribution in [-0.2, 0) is 4.74 Å². The summed E-state index contributed by atoms with van der Waals surface area (Å²) in [5.74, 6) is 1.78. The van der Waals surface area contributed by atoms with Crippen molar-refractivity contribution >= 4 is 5.95 Å². The molecule has 0 aliphatic rings. The molecule has 2 aromatic heterocycles. The van der Waals surface area contributed by atoms with Crippen LogP contribution in [0.25, 0.3) is 11.5 Å². The molecule has 0 aliphatic heterocycles. The number of ether oxygens (including phenoxy) is 1. The van der Waals surface area contributed by atoms with Gasteiger partial charge in [-0.3, -0.25) is 0 Å². The van der Waals surface area contributed by atoms with E-state index in [4.69, 9.17) is 9.15 Å². The minimum absolute atomic E-state index is 0.272. The maximum atomic E-state index is 9.65. The Morgan fingerprint density at radius 2 is 2.30 bits per heavy atom. The standard InChI is InChI=1S/C13H18N4O3/c1-3-19-8-10(18)6-14-13-16-11(7-15-17-13)12-5-4-9(2)20-12/h4-5,7,10,18H,3,6,8H2,1-2H3,(H,14,16,17)/t10-/m1/s1. The van der Waals surface area contributed by atoms with Gasteiger partial charge in [-0.1, -0.05) is 0 Å². The molecule has 0 aromatic carbocycles. The maximum Gasteiger partial charge on any atom is 0.243 e. The molecule has 2 aromatic rings. The predicted molar refractivity (Wildman–Crippen MR) is 73.3 cm³/mol. The fraction of sp³-hybridized carbons (Fsp3) is 0.462. The molecule has 0 saturated heterocycles. The van der Waals surface area contributed by atoms with Crippen LogP contribution in [0.5, 0.6) is 0 Å². The van der Waals surface area contributed by atoms with Crippen molar-refractivity contribution in [3.8, 4) is 11.5 Å². The van der Waals surface area contributed by atoms with Crippen LogP contribution in [0.2, 0.25) is 0 Å². The molecule has 0 amide bonds. The Hall–Kier alpha value is -1.99. The van der Waals surface area contributed by atoms with Gasteiger partial charge in [0.2, 0.25) is 5.95 Å². The van der Waals surface area contributed by atoms with E-state index >= 15 is 0 Å². The first-order valence-electron chi connectivity index (χ1n) is 6.45. The summed E-state index contributed by atoms with van der Waals surface area (Å²) in [6.07, 6.45) is 0.910. The Morgan fingerprint density at radius 3 is 3.00 bits per heavy atom. The molecule has 7 heteroatoms. The molecule has 2 heterocycles. The number of rotatable bonds is 7. The van der Waals surface area contributed by atoms with Gasteiger partial charge in [0.15, 0.2) is 5.76 Å². The number of furan rings is 1. The lowest BCUT2D eigenvalue weighted by molar-refractivity contribution is 0.0495. The normalized spacial score (nSPS) is 12.3. The van der Waals surface area contributed by atoms with E-state index in [0.29, 0.717) is 30.6 Å². The lowest BCUT2D eigenvalue weighted by atomic mass is 10.3. The molecular formula is C13H18N4O3. The molecule has 0 aliphatic carbocycles. The lowest BCUT2D eigenvalue weighted by Crippen LogP contribution is -2.25. The molecule has 2 rings (SSSR count). The van der Waals surface area contributed by atoms with Gasteiger partial charge in [-0.05, 0) is 26.0 Å². The first-order valence-corrected chi connectivity index (χ1v) is 6.45. The first kappa shape index (κ1) is 14.4. The zero-order valence-electron chi connectivity index (χ0n) is 11.5. The van der Waals surface area contributed by atoms with Crippen LogP contribution in [0.1, 0.15) is 12.7 Å². The zero-order valence-corrected chi connectivity index (χ0v) is 11.5. The van der Waals surface area contributed by atoms with Crippen molar-refractivity contribution in [2.75, 3.05) is 25.1 Å². The van der Waals surface area contributed by atoms with Gasteiger partial charge in [0.25, 0.3) is 0 Å². The van der Waals surface area contributed by atoms with Crippen LogP contribution >= 0.6 is 0 Å². The van der Waals surface area contributed by atoms with E-state index in [1.165, 1.54) is 6.20 Å². The number of aromatic nitrogens is 3. The van der Waals surface area contributed by atoms with Crippen LogP contribution in [0, 0.1) is 6.92 Å². The zero-order chi connectivity index (χ0) is 14.4. The lowest BCUT2D eigenvalue weighted by Gasteiger charge is -2.11. The van der Waals surface area contributed by atoms with Crippen molar-refractivity contribution in [3.05, 3.63) is 24.1 Å². The third-order valence-electron chi connectivity index (χ3n) is 2.56. The Balaban J connectivity index is 1.96. The second-order valence-corrected chi connectivity index (χ2v) is 4.27. The third kappa shape index (κ3) is 4.01. The quantitative estimate of drug-likeness (QED) is 0.787. The molecule has 108 valence electrons. The summed E-state index contributed by atoms with van der Waals surface area (Å²) in [5, 5.41) is 20.3. The van der Waals surface area contributed by atoms with E-state index in [2.05, 4.69) is 20.5 Å². The van der Waals surface area contributed by atoms with Gasteiger partial charge in [0, 0.05) is 13.2 Å². The summed E-state index contributed by atoms with van der Waals surface area (Å²) in [7, 11) is 0. The summed E-state index contributed by atoms with van der Waals surface area (Å²) in [6.45, 7) is 4.88. The third-order valence-corrected chi connectivity index (χ3v) is 2.56. The highest BCUT2D eigenvalue weighted by atomic mass is 16.5. The van der Waals surface area contributed by atoms with Crippen molar-refractivity contribution in [2.45, 2.75) is 20.0 Å². The average molecular weight is 278 g/mol. The molecule has 0 fully saturated rings. The largest absolute Gasteiger partial charge is 0.460 e. The summed E-state index contributed by atoms with van der Waals surface area (Å²) in [4.78, 5) is 4.28. The molecule has 0 saturated carbocycles. The molecule has 0 spiro atoms. The average Bonchev–Trinajstić information content (AvgIpc) is 2.90. The van der Waals surface area contributed by atoms with Gasteiger partial charge in [-0.2, -0.15) is 5.10 Å². The van der Waals surface area contributed by atoms with Crippen molar-refractivity contribution < 1.29 is 14.3 Å². The van der Waals surface area contributed by atoms with Crippen LogP contribution in [-0.4, -0.2) is 46.2 Å². The Kier molecular flexibility index (Phi) is 5.03. The van der Waals surface area contributed by atoms with Crippen LogP contribution in [0.15, 0.2) is 22.7 Å². The van der Waals surface area contributed by atoms with Gasteiger partial charge < -0.3 is 19.6 Å². The fourth-order valence-electron chi connectivity index (χ4n) is 1.59.